The molecule has 7 nitrogen and oxygen atoms in total. The van der Waals surface area contributed by atoms with Crippen LogP contribution in [-0.2, 0) is 20.9 Å². The average molecular weight is 432 g/mol. The molecule has 0 bridgehead atoms. The molecule has 0 aliphatic carbocycles. The second kappa shape index (κ2) is 9.02. The highest BCUT2D eigenvalue weighted by molar-refractivity contribution is 7.16. The van der Waals surface area contributed by atoms with Gasteiger partial charge < -0.3 is 14.6 Å². The van der Waals surface area contributed by atoms with Crippen molar-refractivity contribution in [2.24, 2.45) is 4.99 Å². The number of ether oxygens (including phenoxy) is 1. The molecule has 0 unspecified atom stereocenters. The molecule has 0 aliphatic rings. The van der Waals surface area contributed by atoms with Crippen LogP contribution in [0.4, 0.5) is 5.69 Å². The molecule has 0 fully saturated rings. The maximum Gasteiger partial charge on any atom is 0.326 e. The number of carbonyl (C=O) groups is 3. The molecule has 2 amide bonds. The van der Waals surface area contributed by atoms with Gasteiger partial charge in [0.05, 0.1) is 27.4 Å². The summed E-state index contributed by atoms with van der Waals surface area (Å²) in [4.78, 5) is 40.6. The van der Waals surface area contributed by atoms with Gasteiger partial charge in [0.15, 0.2) is 4.80 Å². The van der Waals surface area contributed by atoms with Crippen LogP contribution in [0.1, 0.15) is 24.2 Å². The predicted molar refractivity (Wildman–Crippen MR) is 112 cm³/mol. The number of thiazole rings is 1. The van der Waals surface area contributed by atoms with Crippen LogP contribution >= 0.6 is 22.9 Å². The molecule has 0 saturated heterocycles. The summed E-state index contributed by atoms with van der Waals surface area (Å²) in [6, 6.07) is 11.9. The summed E-state index contributed by atoms with van der Waals surface area (Å²) in [5.74, 6) is -1.15. The Morgan fingerprint density at radius 2 is 1.97 bits per heavy atom. The molecule has 2 aromatic carbocycles. The van der Waals surface area contributed by atoms with Gasteiger partial charge in [-0.05, 0) is 37.3 Å². The van der Waals surface area contributed by atoms with Gasteiger partial charge in [-0.1, -0.05) is 35.1 Å². The standard InChI is InChI=1S/C20H18ClN3O4S/c1-3-28-18(26)11-24-16-9-8-13(22-12(2)25)10-17(16)29-20(24)23-19(27)14-6-4-5-7-15(14)21/h4-10H,3,11H2,1-2H3,(H,22,25). The van der Waals surface area contributed by atoms with E-state index >= 15 is 0 Å². The van der Waals surface area contributed by atoms with E-state index in [4.69, 9.17) is 16.3 Å². The van der Waals surface area contributed by atoms with Crippen molar-refractivity contribution in [2.45, 2.75) is 20.4 Å². The molecule has 1 heterocycles. The largest absolute Gasteiger partial charge is 0.465 e. The number of amides is 2. The van der Waals surface area contributed by atoms with Gasteiger partial charge in [-0.25, -0.2) is 0 Å². The van der Waals surface area contributed by atoms with Gasteiger partial charge in [-0.3, -0.25) is 14.4 Å². The van der Waals surface area contributed by atoms with Crippen LogP contribution in [0.15, 0.2) is 47.5 Å². The summed E-state index contributed by atoms with van der Waals surface area (Å²) in [7, 11) is 0. The van der Waals surface area contributed by atoms with E-state index in [0.717, 1.165) is 4.70 Å². The van der Waals surface area contributed by atoms with Crippen molar-refractivity contribution >= 4 is 56.6 Å². The third kappa shape index (κ3) is 4.90. The number of nitrogens with zero attached hydrogens (tertiary/aromatic N) is 2. The number of carbonyl (C=O) groups excluding carboxylic acids is 3. The van der Waals surface area contributed by atoms with Gasteiger partial charge in [0, 0.05) is 12.6 Å². The van der Waals surface area contributed by atoms with E-state index in [1.807, 2.05) is 0 Å². The first-order chi connectivity index (χ1) is 13.9. The molecular weight excluding hydrogens is 414 g/mol. The number of hydrogen-bond donors (Lipinski definition) is 1. The maximum absolute atomic E-state index is 12.7. The first-order valence-electron chi connectivity index (χ1n) is 8.79. The Balaban J connectivity index is 2.12. The summed E-state index contributed by atoms with van der Waals surface area (Å²) in [6.07, 6.45) is 0. The fraction of sp³-hybridized carbons (Fsp3) is 0.200. The highest BCUT2D eigenvalue weighted by atomic mass is 35.5. The lowest BCUT2D eigenvalue weighted by Crippen LogP contribution is -2.23. The van der Waals surface area contributed by atoms with Crippen LogP contribution in [0.3, 0.4) is 0 Å². The Labute approximate surface area is 175 Å². The summed E-state index contributed by atoms with van der Waals surface area (Å²) >= 11 is 7.33. The smallest absolute Gasteiger partial charge is 0.326 e. The molecule has 0 radical (unpaired) electrons. The summed E-state index contributed by atoms with van der Waals surface area (Å²) < 4.78 is 7.42. The zero-order valence-corrected chi connectivity index (χ0v) is 17.3. The molecular formula is C20H18ClN3O4S. The van der Waals surface area contributed by atoms with Gasteiger partial charge >= 0.3 is 5.97 Å². The minimum Gasteiger partial charge on any atom is -0.465 e. The fourth-order valence-electron chi connectivity index (χ4n) is 2.71. The number of aromatic nitrogens is 1. The van der Waals surface area contributed by atoms with E-state index in [1.165, 1.54) is 18.3 Å². The van der Waals surface area contributed by atoms with Gasteiger partial charge in [0.2, 0.25) is 5.91 Å². The summed E-state index contributed by atoms with van der Waals surface area (Å²) in [6.45, 7) is 3.30. The highest BCUT2D eigenvalue weighted by Crippen LogP contribution is 2.23. The zero-order valence-electron chi connectivity index (χ0n) is 15.8. The number of fused-ring (bicyclic) bond motifs is 1. The van der Waals surface area contributed by atoms with E-state index in [2.05, 4.69) is 10.3 Å². The number of hydrogen-bond acceptors (Lipinski definition) is 5. The third-order valence-corrected chi connectivity index (χ3v) is 5.27. The zero-order chi connectivity index (χ0) is 21.0. The SMILES string of the molecule is CCOC(=O)Cn1c(=NC(=O)c2ccccc2Cl)sc2cc(NC(C)=O)ccc21. The molecule has 1 aromatic heterocycles. The lowest BCUT2D eigenvalue weighted by atomic mass is 10.2. The van der Waals surface area contributed by atoms with Crippen LogP contribution < -0.4 is 10.1 Å². The topological polar surface area (TPSA) is 89.8 Å². The fourth-order valence-corrected chi connectivity index (χ4v) is 3.99. The molecule has 0 spiro atoms. The molecule has 0 saturated carbocycles. The van der Waals surface area contributed by atoms with Crippen molar-refractivity contribution < 1.29 is 19.1 Å². The van der Waals surface area contributed by atoms with Crippen molar-refractivity contribution in [3.8, 4) is 0 Å². The maximum atomic E-state index is 12.7. The molecule has 3 aromatic rings. The predicted octanol–water partition coefficient (Wildman–Crippen LogP) is 3.62. The Morgan fingerprint density at radius 1 is 1.21 bits per heavy atom. The molecule has 9 heteroatoms. The van der Waals surface area contributed by atoms with E-state index in [-0.39, 0.29) is 24.6 Å². The van der Waals surface area contributed by atoms with E-state index in [1.54, 1.807) is 54.0 Å². The minimum atomic E-state index is -0.512. The van der Waals surface area contributed by atoms with Gasteiger partial charge in [-0.15, -0.1) is 0 Å². The summed E-state index contributed by atoms with van der Waals surface area (Å²) in [5, 5.41) is 3.01. The molecule has 1 N–H and O–H groups in total. The lowest BCUT2D eigenvalue weighted by molar-refractivity contribution is -0.143. The van der Waals surface area contributed by atoms with Crippen molar-refractivity contribution in [1.29, 1.82) is 0 Å². The Hall–Kier alpha value is -2.97. The number of nitrogens with one attached hydrogen (secondary N) is 1. The molecule has 0 atom stereocenters. The number of anilines is 1. The van der Waals surface area contributed by atoms with Crippen molar-refractivity contribution in [2.75, 3.05) is 11.9 Å². The quantitative estimate of drug-likeness (QED) is 0.625. The minimum absolute atomic E-state index is 0.0953. The van der Waals surface area contributed by atoms with Crippen LogP contribution in [0, 0.1) is 0 Å². The first-order valence-corrected chi connectivity index (χ1v) is 9.98. The van der Waals surface area contributed by atoms with Crippen molar-refractivity contribution in [1.82, 2.24) is 4.57 Å². The van der Waals surface area contributed by atoms with Crippen LogP contribution in [-0.4, -0.2) is 29.0 Å². The molecule has 0 aliphatic heterocycles. The average Bonchev–Trinajstić information content (AvgIpc) is 2.98. The van der Waals surface area contributed by atoms with E-state index < -0.39 is 11.9 Å². The first kappa shape index (κ1) is 20.8. The van der Waals surface area contributed by atoms with E-state index in [9.17, 15) is 14.4 Å². The Morgan fingerprint density at radius 3 is 2.66 bits per heavy atom. The van der Waals surface area contributed by atoms with Crippen LogP contribution in [0.25, 0.3) is 10.2 Å². The second-order valence-corrected chi connectivity index (χ2v) is 7.45. The van der Waals surface area contributed by atoms with Crippen molar-refractivity contribution in [3.05, 3.63) is 57.9 Å². The third-order valence-electron chi connectivity index (χ3n) is 3.90. The van der Waals surface area contributed by atoms with Gasteiger partial charge in [0.25, 0.3) is 5.91 Å². The number of esters is 1. The molecule has 150 valence electrons. The lowest BCUT2D eigenvalue weighted by Gasteiger charge is -2.06. The van der Waals surface area contributed by atoms with Gasteiger partial charge in [0.1, 0.15) is 6.54 Å². The van der Waals surface area contributed by atoms with Gasteiger partial charge in [-0.2, -0.15) is 4.99 Å². The van der Waals surface area contributed by atoms with Crippen LogP contribution in [0.2, 0.25) is 5.02 Å². The second-order valence-electron chi connectivity index (χ2n) is 6.04. The normalized spacial score (nSPS) is 11.5. The molecule has 29 heavy (non-hydrogen) atoms. The van der Waals surface area contributed by atoms with Crippen LogP contribution in [0.5, 0.6) is 0 Å². The Bertz CT molecular complexity index is 1170. The number of halogens is 1. The highest BCUT2D eigenvalue weighted by Gasteiger charge is 2.14. The van der Waals surface area contributed by atoms with E-state index in [0.29, 0.717) is 21.0 Å². The number of rotatable bonds is 5. The monoisotopic (exact) mass is 431 g/mol. The number of benzene rings is 2. The Kier molecular flexibility index (Phi) is 6.46. The van der Waals surface area contributed by atoms with Crippen molar-refractivity contribution in [3.63, 3.8) is 0 Å². The molecule has 3 rings (SSSR count). The summed E-state index contributed by atoms with van der Waals surface area (Å²) in [5.41, 5.74) is 1.58.